The molecule has 2 atom stereocenters. The van der Waals surface area contributed by atoms with Gasteiger partial charge in [0.2, 0.25) is 0 Å². The first-order valence-corrected chi connectivity index (χ1v) is 5.90. The van der Waals surface area contributed by atoms with Gasteiger partial charge in [-0.1, -0.05) is 6.42 Å². The van der Waals surface area contributed by atoms with Gasteiger partial charge in [-0.15, -0.1) is 0 Å². The molecule has 6 nitrogen and oxygen atoms in total. The van der Waals surface area contributed by atoms with Gasteiger partial charge in [-0.3, -0.25) is 0 Å². The molecule has 0 radical (unpaired) electrons. The van der Waals surface area contributed by atoms with Crippen LogP contribution < -0.4 is 5.32 Å². The van der Waals surface area contributed by atoms with Gasteiger partial charge in [0.15, 0.2) is 11.5 Å². The highest BCUT2D eigenvalue weighted by Crippen LogP contribution is 2.28. The molecule has 2 aromatic rings. The first-order valence-electron chi connectivity index (χ1n) is 5.90. The van der Waals surface area contributed by atoms with Crippen LogP contribution >= 0.6 is 0 Å². The topological polar surface area (TPSA) is 86.7 Å². The summed E-state index contributed by atoms with van der Waals surface area (Å²) in [6.07, 6.45) is 6.42. The zero-order valence-corrected chi connectivity index (χ0v) is 9.43. The number of aromatic nitrogens is 4. The summed E-state index contributed by atoms with van der Waals surface area (Å²) in [5, 5.41) is 12.7. The van der Waals surface area contributed by atoms with Crippen molar-refractivity contribution in [3.8, 4) is 0 Å². The number of H-pyrrole nitrogens is 1. The third kappa shape index (κ3) is 1.84. The van der Waals surface area contributed by atoms with E-state index in [9.17, 15) is 5.11 Å². The number of aliphatic hydroxyl groups excluding tert-OH is 1. The maximum atomic E-state index is 9.29. The fourth-order valence-electron chi connectivity index (χ4n) is 2.50. The summed E-state index contributed by atoms with van der Waals surface area (Å²) in [5.41, 5.74) is 1.50. The SMILES string of the molecule is OCC1CCCC1Nc1ncnc2nc[nH]c12. The molecule has 2 unspecified atom stereocenters. The minimum absolute atomic E-state index is 0.231. The van der Waals surface area contributed by atoms with Gasteiger partial charge in [0.25, 0.3) is 0 Å². The lowest BCUT2D eigenvalue weighted by molar-refractivity contribution is 0.222. The smallest absolute Gasteiger partial charge is 0.182 e. The van der Waals surface area contributed by atoms with Crippen LogP contribution in [0.1, 0.15) is 19.3 Å². The van der Waals surface area contributed by atoms with Gasteiger partial charge in [-0.05, 0) is 12.8 Å². The molecule has 1 aliphatic rings. The van der Waals surface area contributed by atoms with E-state index in [0.29, 0.717) is 17.6 Å². The molecule has 0 spiro atoms. The Morgan fingerprint density at radius 1 is 1.35 bits per heavy atom. The van der Waals surface area contributed by atoms with Gasteiger partial charge in [0, 0.05) is 18.6 Å². The van der Waals surface area contributed by atoms with Crippen molar-refractivity contribution in [2.75, 3.05) is 11.9 Å². The Hall–Kier alpha value is -1.69. The standard InChI is InChI=1S/C11H15N5O/c17-4-7-2-1-3-8(7)16-11-9-10(13-5-12-9)14-6-15-11/h5-8,17H,1-4H2,(H2,12,13,14,15,16). The Bertz CT molecular complexity index is 511. The van der Waals surface area contributed by atoms with Crippen LogP contribution in [0.15, 0.2) is 12.7 Å². The van der Waals surface area contributed by atoms with Crippen LogP contribution in [0.25, 0.3) is 11.2 Å². The molecule has 3 N–H and O–H groups in total. The number of hydrogen-bond acceptors (Lipinski definition) is 5. The first kappa shape index (κ1) is 10.5. The molecule has 2 heterocycles. The number of imidazole rings is 1. The summed E-state index contributed by atoms with van der Waals surface area (Å²) >= 11 is 0. The number of nitrogens with one attached hydrogen (secondary N) is 2. The lowest BCUT2D eigenvalue weighted by Gasteiger charge is -2.19. The highest BCUT2D eigenvalue weighted by Gasteiger charge is 2.27. The summed E-state index contributed by atoms with van der Waals surface area (Å²) < 4.78 is 0. The van der Waals surface area contributed by atoms with Crippen molar-refractivity contribution in [1.82, 2.24) is 19.9 Å². The second-order valence-corrected chi connectivity index (χ2v) is 4.45. The van der Waals surface area contributed by atoms with Crippen molar-refractivity contribution >= 4 is 17.0 Å². The molecule has 90 valence electrons. The van der Waals surface area contributed by atoms with Crippen LogP contribution in [0.2, 0.25) is 0 Å². The van der Waals surface area contributed by atoms with Crippen LogP contribution in [0, 0.1) is 5.92 Å². The van der Waals surface area contributed by atoms with Crippen molar-refractivity contribution in [3.63, 3.8) is 0 Å². The summed E-state index contributed by atoms with van der Waals surface area (Å²) in [6.45, 7) is 0.231. The second kappa shape index (κ2) is 4.29. The number of anilines is 1. The van der Waals surface area contributed by atoms with Crippen molar-refractivity contribution in [3.05, 3.63) is 12.7 Å². The van der Waals surface area contributed by atoms with Gasteiger partial charge < -0.3 is 15.4 Å². The summed E-state index contributed by atoms with van der Waals surface area (Å²) in [4.78, 5) is 15.4. The second-order valence-electron chi connectivity index (χ2n) is 4.45. The average molecular weight is 233 g/mol. The maximum Gasteiger partial charge on any atom is 0.182 e. The quantitative estimate of drug-likeness (QED) is 0.734. The van der Waals surface area contributed by atoms with Crippen molar-refractivity contribution < 1.29 is 5.11 Å². The van der Waals surface area contributed by atoms with Crippen LogP contribution in [0.5, 0.6) is 0 Å². The fourth-order valence-corrected chi connectivity index (χ4v) is 2.50. The molecule has 3 rings (SSSR count). The lowest BCUT2D eigenvalue weighted by Crippen LogP contribution is -2.26. The van der Waals surface area contributed by atoms with Crippen LogP contribution in [-0.4, -0.2) is 37.7 Å². The zero-order valence-electron chi connectivity index (χ0n) is 9.43. The predicted molar refractivity (Wildman–Crippen MR) is 63.5 cm³/mol. The van der Waals surface area contributed by atoms with E-state index in [0.717, 1.165) is 30.6 Å². The number of nitrogens with zero attached hydrogens (tertiary/aromatic N) is 3. The molecular formula is C11H15N5O. The summed E-state index contributed by atoms with van der Waals surface area (Å²) in [6, 6.07) is 0.293. The van der Waals surface area contributed by atoms with E-state index in [-0.39, 0.29) is 6.61 Å². The molecule has 1 fully saturated rings. The third-order valence-electron chi connectivity index (χ3n) is 3.44. The number of rotatable bonds is 3. The third-order valence-corrected chi connectivity index (χ3v) is 3.44. The summed E-state index contributed by atoms with van der Waals surface area (Å²) in [7, 11) is 0. The molecule has 0 aliphatic heterocycles. The normalized spacial score (nSPS) is 24.3. The summed E-state index contributed by atoms with van der Waals surface area (Å²) in [5.74, 6) is 1.10. The molecule has 1 saturated carbocycles. The van der Waals surface area contributed by atoms with E-state index in [1.165, 1.54) is 6.33 Å². The van der Waals surface area contributed by atoms with E-state index in [4.69, 9.17) is 0 Å². The van der Waals surface area contributed by atoms with Crippen molar-refractivity contribution in [2.45, 2.75) is 25.3 Å². The number of aliphatic hydroxyl groups is 1. The predicted octanol–water partition coefficient (Wildman–Crippen LogP) is 0.926. The van der Waals surface area contributed by atoms with Crippen LogP contribution in [-0.2, 0) is 0 Å². The number of fused-ring (bicyclic) bond motifs is 1. The van der Waals surface area contributed by atoms with E-state index < -0.39 is 0 Å². The van der Waals surface area contributed by atoms with E-state index in [2.05, 4.69) is 25.3 Å². The van der Waals surface area contributed by atoms with E-state index >= 15 is 0 Å². The molecule has 0 saturated heterocycles. The van der Waals surface area contributed by atoms with Gasteiger partial charge in [-0.2, -0.15) is 0 Å². The maximum absolute atomic E-state index is 9.29. The van der Waals surface area contributed by atoms with Crippen molar-refractivity contribution in [2.24, 2.45) is 5.92 Å². The van der Waals surface area contributed by atoms with Gasteiger partial charge in [0.05, 0.1) is 6.33 Å². The Morgan fingerprint density at radius 3 is 3.18 bits per heavy atom. The Balaban J connectivity index is 1.87. The van der Waals surface area contributed by atoms with Crippen LogP contribution in [0.3, 0.4) is 0 Å². The number of aromatic amines is 1. The molecule has 1 aliphatic carbocycles. The minimum Gasteiger partial charge on any atom is -0.396 e. The van der Waals surface area contributed by atoms with Gasteiger partial charge >= 0.3 is 0 Å². The van der Waals surface area contributed by atoms with Gasteiger partial charge in [-0.25, -0.2) is 15.0 Å². The molecular weight excluding hydrogens is 218 g/mol. The monoisotopic (exact) mass is 233 g/mol. The van der Waals surface area contributed by atoms with Crippen LogP contribution in [0.4, 0.5) is 5.82 Å². The first-order chi connectivity index (χ1) is 8.38. The minimum atomic E-state index is 0.231. The Morgan fingerprint density at radius 2 is 2.29 bits per heavy atom. The molecule has 0 amide bonds. The number of hydrogen-bond donors (Lipinski definition) is 3. The Labute approximate surface area is 98.5 Å². The largest absolute Gasteiger partial charge is 0.396 e. The Kier molecular flexibility index (Phi) is 2.64. The van der Waals surface area contributed by atoms with Crippen molar-refractivity contribution in [1.29, 1.82) is 0 Å². The average Bonchev–Trinajstić information content (AvgIpc) is 2.97. The molecule has 6 heteroatoms. The van der Waals surface area contributed by atoms with Gasteiger partial charge in [0.1, 0.15) is 11.8 Å². The fraction of sp³-hybridized carbons (Fsp3) is 0.545. The van der Waals surface area contributed by atoms with E-state index in [1.54, 1.807) is 6.33 Å². The molecule has 0 bridgehead atoms. The highest BCUT2D eigenvalue weighted by molar-refractivity contribution is 5.82. The molecule has 2 aromatic heterocycles. The zero-order chi connectivity index (χ0) is 11.7. The molecule has 17 heavy (non-hydrogen) atoms. The van der Waals surface area contributed by atoms with E-state index in [1.807, 2.05) is 0 Å². The highest BCUT2D eigenvalue weighted by atomic mass is 16.3. The lowest BCUT2D eigenvalue weighted by atomic mass is 10.1. The molecule has 0 aromatic carbocycles.